The Morgan fingerprint density at radius 3 is 2.63 bits per heavy atom. The molecule has 1 heterocycles. The number of nitrogens with zero attached hydrogens (tertiary/aromatic N) is 1. The first-order valence-corrected chi connectivity index (χ1v) is 10.5. The molecule has 0 saturated carbocycles. The first-order chi connectivity index (χ1) is 13.2. The van der Waals surface area contributed by atoms with Crippen molar-refractivity contribution in [3.05, 3.63) is 50.4 Å². The zero-order valence-corrected chi connectivity index (χ0v) is 16.8. The van der Waals surface area contributed by atoms with Gasteiger partial charge < -0.3 is 15.6 Å². The molecule has 1 aromatic carbocycles. The van der Waals surface area contributed by atoms with E-state index in [0.717, 1.165) is 42.1 Å². The second-order valence-electron chi connectivity index (χ2n) is 6.51. The number of allylic oxidation sites excluding steroid dienone is 1. The van der Waals surface area contributed by atoms with Crippen LogP contribution in [0, 0.1) is 0 Å². The van der Waals surface area contributed by atoms with E-state index in [1.807, 2.05) is 30.3 Å². The van der Waals surface area contributed by atoms with Crippen molar-refractivity contribution in [3.63, 3.8) is 0 Å². The Bertz CT molecular complexity index is 763. The highest BCUT2D eigenvalue weighted by atomic mass is 32.1. The van der Waals surface area contributed by atoms with Crippen molar-refractivity contribution >= 4 is 17.4 Å². The molecule has 0 spiro atoms. The maximum Gasteiger partial charge on any atom is 0.310 e. The quantitative estimate of drug-likeness (QED) is 0.533. The summed E-state index contributed by atoms with van der Waals surface area (Å²) in [6.07, 6.45) is 10.6. The molecule has 1 aromatic heterocycles. The predicted molar refractivity (Wildman–Crippen MR) is 113 cm³/mol. The molecule has 0 aliphatic carbocycles. The summed E-state index contributed by atoms with van der Waals surface area (Å²) in [6.45, 7) is 3.63. The minimum Gasteiger partial charge on any atom is -0.494 e. The fourth-order valence-corrected chi connectivity index (χ4v) is 3.61. The maximum absolute atomic E-state index is 11.8. The minimum absolute atomic E-state index is 0.00520. The second kappa shape index (κ2) is 11.6. The molecular formula is C21H30N2O3S. The standard InChI is InChI=1S/C21H30N2O3S/c1-2-3-4-5-6-16-26-18-12-10-17(11-13-18)8-7-9-19-20(24)23(15-14-22)21(25)27-19/h7,9-13,24H,2-6,8,14-16,22H2,1H3/b9-7+. The molecule has 0 amide bonds. The summed E-state index contributed by atoms with van der Waals surface area (Å²) < 4.78 is 7.08. The molecule has 0 atom stereocenters. The monoisotopic (exact) mass is 390 g/mol. The van der Waals surface area contributed by atoms with Gasteiger partial charge in [0.15, 0.2) is 0 Å². The van der Waals surface area contributed by atoms with Gasteiger partial charge in [-0.05, 0) is 36.6 Å². The predicted octanol–water partition coefficient (Wildman–Crippen LogP) is 4.18. The number of unbranched alkanes of at least 4 members (excludes halogenated alkanes) is 4. The number of thiazole rings is 1. The Morgan fingerprint density at radius 2 is 1.93 bits per heavy atom. The lowest BCUT2D eigenvalue weighted by atomic mass is 10.1. The topological polar surface area (TPSA) is 77.5 Å². The summed E-state index contributed by atoms with van der Waals surface area (Å²) in [6, 6.07) is 8.06. The van der Waals surface area contributed by atoms with Gasteiger partial charge in [0.1, 0.15) is 5.75 Å². The number of hydrogen-bond donors (Lipinski definition) is 2. The van der Waals surface area contributed by atoms with Crippen LogP contribution in [0.25, 0.3) is 6.08 Å². The van der Waals surface area contributed by atoms with E-state index in [-0.39, 0.29) is 10.8 Å². The minimum atomic E-state index is -0.186. The smallest absolute Gasteiger partial charge is 0.310 e. The Balaban J connectivity index is 1.80. The van der Waals surface area contributed by atoms with Crippen LogP contribution < -0.4 is 15.3 Å². The summed E-state index contributed by atoms with van der Waals surface area (Å²) >= 11 is 1.03. The van der Waals surface area contributed by atoms with E-state index in [9.17, 15) is 9.90 Å². The number of ether oxygens (including phenoxy) is 1. The van der Waals surface area contributed by atoms with Crippen LogP contribution in [0.15, 0.2) is 35.1 Å². The lowest BCUT2D eigenvalue weighted by Gasteiger charge is -2.06. The van der Waals surface area contributed by atoms with E-state index in [2.05, 4.69) is 6.92 Å². The normalized spacial score (nSPS) is 11.3. The number of benzene rings is 1. The summed E-state index contributed by atoms with van der Waals surface area (Å²) in [7, 11) is 0. The van der Waals surface area contributed by atoms with Crippen molar-refractivity contribution in [2.75, 3.05) is 13.2 Å². The summed E-state index contributed by atoms with van der Waals surface area (Å²) in [5.74, 6) is 0.891. The average molecular weight is 391 g/mol. The van der Waals surface area contributed by atoms with Crippen molar-refractivity contribution in [2.45, 2.75) is 52.0 Å². The van der Waals surface area contributed by atoms with Crippen molar-refractivity contribution in [1.29, 1.82) is 0 Å². The van der Waals surface area contributed by atoms with Crippen LogP contribution in [0.4, 0.5) is 0 Å². The molecule has 6 heteroatoms. The highest BCUT2D eigenvalue weighted by Crippen LogP contribution is 2.22. The molecule has 2 rings (SSSR count). The van der Waals surface area contributed by atoms with E-state index < -0.39 is 0 Å². The van der Waals surface area contributed by atoms with Gasteiger partial charge in [-0.1, -0.05) is 62.2 Å². The summed E-state index contributed by atoms with van der Waals surface area (Å²) in [4.78, 5) is 12.2. The van der Waals surface area contributed by atoms with Crippen LogP contribution in [-0.4, -0.2) is 22.8 Å². The first kappa shape index (κ1) is 21.3. The fraction of sp³-hybridized carbons (Fsp3) is 0.476. The third-order valence-electron chi connectivity index (χ3n) is 4.31. The molecule has 0 fully saturated rings. The lowest BCUT2D eigenvalue weighted by molar-refractivity contribution is 0.304. The molecule has 0 unspecified atom stereocenters. The maximum atomic E-state index is 11.8. The number of aromatic nitrogens is 1. The molecule has 0 radical (unpaired) electrons. The molecule has 148 valence electrons. The van der Waals surface area contributed by atoms with Crippen LogP contribution in [0.3, 0.4) is 0 Å². The van der Waals surface area contributed by atoms with Gasteiger partial charge in [-0.2, -0.15) is 0 Å². The van der Waals surface area contributed by atoms with Crippen molar-refractivity contribution < 1.29 is 9.84 Å². The number of aromatic hydroxyl groups is 1. The average Bonchev–Trinajstić information content (AvgIpc) is 2.94. The van der Waals surface area contributed by atoms with Gasteiger partial charge in [-0.25, -0.2) is 0 Å². The van der Waals surface area contributed by atoms with E-state index in [1.165, 1.54) is 30.3 Å². The van der Waals surface area contributed by atoms with E-state index in [0.29, 0.717) is 18.0 Å². The van der Waals surface area contributed by atoms with Crippen LogP contribution >= 0.6 is 11.3 Å². The molecule has 0 aliphatic heterocycles. The third-order valence-corrected chi connectivity index (χ3v) is 5.24. The van der Waals surface area contributed by atoms with Gasteiger partial charge in [0, 0.05) is 13.1 Å². The number of hydrogen-bond acceptors (Lipinski definition) is 5. The van der Waals surface area contributed by atoms with Crippen LogP contribution in [0.2, 0.25) is 0 Å². The van der Waals surface area contributed by atoms with Crippen LogP contribution in [-0.2, 0) is 13.0 Å². The van der Waals surface area contributed by atoms with Crippen molar-refractivity contribution in [3.8, 4) is 11.6 Å². The van der Waals surface area contributed by atoms with Gasteiger partial charge >= 0.3 is 4.87 Å². The summed E-state index contributed by atoms with van der Waals surface area (Å²) in [5, 5.41) is 10.1. The van der Waals surface area contributed by atoms with Gasteiger partial charge in [0.2, 0.25) is 5.88 Å². The zero-order chi connectivity index (χ0) is 19.5. The first-order valence-electron chi connectivity index (χ1n) is 9.66. The largest absolute Gasteiger partial charge is 0.494 e. The molecule has 2 aromatic rings. The second-order valence-corrected chi connectivity index (χ2v) is 7.50. The van der Waals surface area contributed by atoms with Crippen molar-refractivity contribution in [2.24, 2.45) is 5.73 Å². The molecule has 0 bridgehead atoms. The van der Waals surface area contributed by atoms with Gasteiger partial charge in [-0.15, -0.1) is 0 Å². The van der Waals surface area contributed by atoms with E-state index >= 15 is 0 Å². The Labute approximate surface area is 165 Å². The van der Waals surface area contributed by atoms with Crippen LogP contribution in [0.1, 0.15) is 49.5 Å². The van der Waals surface area contributed by atoms with Gasteiger partial charge in [0.05, 0.1) is 11.5 Å². The fourth-order valence-electron chi connectivity index (χ4n) is 2.77. The highest BCUT2D eigenvalue weighted by molar-refractivity contribution is 7.10. The van der Waals surface area contributed by atoms with Gasteiger partial charge in [-0.3, -0.25) is 9.36 Å². The molecule has 3 N–H and O–H groups in total. The van der Waals surface area contributed by atoms with Crippen LogP contribution in [0.5, 0.6) is 11.6 Å². The molecule has 5 nitrogen and oxygen atoms in total. The Morgan fingerprint density at radius 1 is 1.19 bits per heavy atom. The summed E-state index contributed by atoms with van der Waals surface area (Å²) in [5.41, 5.74) is 6.61. The lowest BCUT2D eigenvalue weighted by Crippen LogP contribution is -2.18. The Hall–Kier alpha value is -2.05. The molecule has 0 aliphatic rings. The molecule has 27 heavy (non-hydrogen) atoms. The number of rotatable bonds is 12. The highest BCUT2D eigenvalue weighted by Gasteiger charge is 2.10. The SMILES string of the molecule is CCCCCCCOc1ccc(C/C=C/c2sc(=O)n(CCN)c2O)cc1. The number of nitrogens with two attached hydrogens (primary N) is 1. The molecular weight excluding hydrogens is 360 g/mol. The van der Waals surface area contributed by atoms with Gasteiger partial charge in [0.25, 0.3) is 0 Å². The molecule has 0 saturated heterocycles. The van der Waals surface area contributed by atoms with E-state index in [1.54, 1.807) is 6.08 Å². The van der Waals surface area contributed by atoms with Crippen molar-refractivity contribution in [1.82, 2.24) is 4.57 Å². The van der Waals surface area contributed by atoms with E-state index in [4.69, 9.17) is 10.5 Å². The third kappa shape index (κ3) is 6.88. The Kier molecular flexibility index (Phi) is 9.15. The zero-order valence-electron chi connectivity index (χ0n) is 16.0.